The van der Waals surface area contributed by atoms with Crippen molar-refractivity contribution in [3.63, 3.8) is 0 Å². The molecule has 0 atom stereocenters. The molecule has 0 bridgehead atoms. The lowest BCUT2D eigenvalue weighted by molar-refractivity contribution is -0.118. The number of nitrogens with one attached hydrogen (secondary N) is 3. The van der Waals surface area contributed by atoms with Crippen LogP contribution in [0.15, 0.2) is 38.0 Å². The molecule has 0 radical (unpaired) electrons. The second-order valence-electron chi connectivity index (χ2n) is 5.13. The van der Waals surface area contributed by atoms with Gasteiger partial charge in [-0.25, -0.2) is 0 Å². The molecule has 0 saturated carbocycles. The van der Waals surface area contributed by atoms with Gasteiger partial charge in [0.2, 0.25) is 17.7 Å². The third-order valence-electron chi connectivity index (χ3n) is 3.01. The summed E-state index contributed by atoms with van der Waals surface area (Å²) >= 11 is 0. The molecule has 0 unspecified atom stereocenters. The van der Waals surface area contributed by atoms with Crippen molar-refractivity contribution in [2.75, 3.05) is 52.7 Å². The highest BCUT2D eigenvalue weighted by atomic mass is 16.6. The number of ether oxygens (including phenoxy) is 3. The largest absolute Gasteiger partial charge is 0.377 e. The molecule has 0 aliphatic rings. The second kappa shape index (κ2) is 17.0. The Morgan fingerprint density at radius 2 is 1.07 bits per heavy atom. The summed E-state index contributed by atoms with van der Waals surface area (Å²) in [4.78, 5) is 33.1. The van der Waals surface area contributed by atoms with Gasteiger partial charge in [-0.15, -0.1) is 0 Å². The Bertz CT molecular complexity index is 465. The fourth-order valence-corrected chi connectivity index (χ4v) is 1.68. The fraction of sp³-hybridized carbons (Fsp3) is 0.500. The average molecular weight is 383 g/mol. The number of carbonyl (C=O) groups is 3. The van der Waals surface area contributed by atoms with Crippen LogP contribution in [0.2, 0.25) is 0 Å². The lowest BCUT2D eigenvalue weighted by atomic mass is 10.4. The first-order valence-electron chi connectivity index (χ1n) is 8.51. The molecule has 0 aromatic rings. The van der Waals surface area contributed by atoms with Crippen molar-refractivity contribution in [1.29, 1.82) is 0 Å². The standard InChI is InChI=1S/C18H29N3O6/c1-4-16(22)19-7-10-25-13-15(27-12-9-21-18(24)6-3)14-26-11-8-20-17(23)5-2/h4-6,15H,1-3,7-14H2,(H,19,22)(H,20,23)(H,21,24). The van der Waals surface area contributed by atoms with Crippen molar-refractivity contribution in [3.8, 4) is 0 Å². The van der Waals surface area contributed by atoms with Crippen molar-refractivity contribution in [2.45, 2.75) is 6.10 Å². The summed E-state index contributed by atoms with van der Waals surface area (Å²) in [7, 11) is 0. The molecule has 9 nitrogen and oxygen atoms in total. The van der Waals surface area contributed by atoms with E-state index in [1.807, 2.05) is 0 Å². The van der Waals surface area contributed by atoms with Gasteiger partial charge < -0.3 is 30.2 Å². The molecule has 3 amide bonds. The number of carbonyl (C=O) groups excluding carboxylic acids is 3. The summed E-state index contributed by atoms with van der Waals surface area (Å²) in [5.74, 6) is -0.817. The molecule has 0 aromatic carbocycles. The van der Waals surface area contributed by atoms with Gasteiger partial charge in [0.25, 0.3) is 0 Å². The zero-order valence-corrected chi connectivity index (χ0v) is 15.5. The average Bonchev–Trinajstić information content (AvgIpc) is 2.68. The molecule has 27 heavy (non-hydrogen) atoms. The van der Waals surface area contributed by atoms with Gasteiger partial charge in [0.15, 0.2) is 0 Å². The molecule has 9 heteroatoms. The highest BCUT2D eigenvalue weighted by Crippen LogP contribution is 1.96. The van der Waals surface area contributed by atoms with Gasteiger partial charge in [-0.05, 0) is 18.2 Å². The molecule has 0 spiro atoms. The molecular weight excluding hydrogens is 354 g/mol. The maximum Gasteiger partial charge on any atom is 0.243 e. The normalized spacial score (nSPS) is 10.1. The van der Waals surface area contributed by atoms with E-state index in [2.05, 4.69) is 35.7 Å². The number of hydrogen-bond donors (Lipinski definition) is 3. The Morgan fingerprint density at radius 1 is 0.704 bits per heavy atom. The van der Waals surface area contributed by atoms with E-state index >= 15 is 0 Å². The summed E-state index contributed by atoms with van der Waals surface area (Å²) in [5.41, 5.74) is 0. The topological polar surface area (TPSA) is 115 Å². The summed E-state index contributed by atoms with van der Waals surface area (Å²) in [5, 5.41) is 7.79. The van der Waals surface area contributed by atoms with E-state index in [1.165, 1.54) is 18.2 Å². The van der Waals surface area contributed by atoms with Crippen molar-refractivity contribution in [2.24, 2.45) is 0 Å². The van der Waals surface area contributed by atoms with Crippen LogP contribution in [0.1, 0.15) is 0 Å². The van der Waals surface area contributed by atoms with Gasteiger partial charge in [0.1, 0.15) is 6.10 Å². The van der Waals surface area contributed by atoms with Crippen LogP contribution in [0.3, 0.4) is 0 Å². The van der Waals surface area contributed by atoms with Crippen LogP contribution in [0.5, 0.6) is 0 Å². The Hall–Kier alpha value is -2.49. The predicted molar refractivity (Wildman–Crippen MR) is 101 cm³/mol. The molecule has 0 saturated heterocycles. The number of hydrogen-bond acceptors (Lipinski definition) is 6. The molecule has 0 aromatic heterocycles. The first-order chi connectivity index (χ1) is 13.0. The molecule has 0 heterocycles. The fourth-order valence-electron chi connectivity index (χ4n) is 1.68. The van der Waals surface area contributed by atoms with E-state index in [-0.39, 0.29) is 43.6 Å². The van der Waals surface area contributed by atoms with Crippen LogP contribution in [0.4, 0.5) is 0 Å². The molecule has 0 fully saturated rings. The Kier molecular flexibility index (Phi) is 15.4. The predicted octanol–water partition coefficient (Wildman–Crippen LogP) is -0.689. The maximum atomic E-state index is 11.1. The summed E-state index contributed by atoms with van der Waals surface area (Å²) < 4.78 is 16.6. The molecule has 152 valence electrons. The third kappa shape index (κ3) is 15.5. The van der Waals surface area contributed by atoms with Gasteiger partial charge in [-0.1, -0.05) is 19.7 Å². The Morgan fingerprint density at radius 3 is 1.44 bits per heavy atom. The number of rotatable bonds is 17. The maximum absolute atomic E-state index is 11.1. The minimum Gasteiger partial charge on any atom is -0.377 e. The van der Waals surface area contributed by atoms with Crippen LogP contribution in [-0.4, -0.2) is 76.5 Å². The molecule has 0 rings (SSSR count). The van der Waals surface area contributed by atoms with Crippen LogP contribution in [0, 0.1) is 0 Å². The molecule has 0 aliphatic carbocycles. The minimum absolute atomic E-state index is 0.248. The van der Waals surface area contributed by atoms with Crippen molar-refractivity contribution >= 4 is 17.7 Å². The SMILES string of the molecule is C=CC(=O)NCCOCC(COCCNC(=O)C=C)OCCNC(=O)C=C. The van der Waals surface area contributed by atoms with E-state index in [0.29, 0.717) is 32.8 Å². The Labute approximate surface area is 159 Å². The summed E-state index contributed by atoms with van der Waals surface area (Å²) in [6.07, 6.45) is 3.18. The van der Waals surface area contributed by atoms with Crippen LogP contribution in [-0.2, 0) is 28.6 Å². The number of amides is 3. The van der Waals surface area contributed by atoms with Gasteiger partial charge in [-0.2, -0.15) is 0 Å². The lowest BCUT2D eigenvalue weighted by Gasteiger charge is -2.18. The summed E-state index contributed by atoms with van der Waals surface area (Å²) in [6.45, 7) is 12.5. The highest BCUT2D eigenvalue weighted by Gasteiger charge is 2.10. The lowest BCUT2D eigenvalue weighted by Crippen LogP contribution is -2.33. The van der Waals surface area contributed by atoms with Gasteiger partial charge in [0, 0.05) is 19.6 Å². The molecule has 0 aliphatic heterocycles. The zero-order chi connectivity index (χ0) is 20.3. The first-order valence-corrected chi connectivity index (χ1v) is 8.51. The second-order valence-corrected chi connectivity index (χ2v) is 5.13. The van der Waals surface area contributed by atoms with Crippen LogP contribution in [0.25, 0.3) is 0 Å². The monoisotopic (exact) mass is 383 g/mol. The van der Waals surface area contributed by atoms with Crippen molar-refractivity contribution in [3.05, 3.63) is 38.0 Å². The quantitative estimate of drug-likeness (QED) is 0.226. The van der Waals surface area contributed by atoms with Gasteiger partial charge in [-0.3, -0.25) is 14.4 Å². The van der Waals surface area contributed by atoms with E-state index in [0.717, 1.165) is 0 Å². The van der Waals surface area contributed by atoms with E-state index < -0.39 is 0 Å². The minimum atomic E-state index is -0.365. The van der Waals surface area contributed by atoms with Gasteiger partial charge >= 0.3 is 0 Å². The highest BCUT2D eigenvalue weighted by molar-refractivity contribution is 5.87. The van der Waals surface area contributed by atoms with E-state index in [1.54, 1.807) is 0 Å². The van der Waals surface area contributed by atoms with E-state index in [4.69, 9.17) is 14.2 Å². The third-order valence-corrected chi connectivity index (χ3v) is 3.01. The van der Waals surface area contributed by atoms with Crippen molar-refractivity contribution in [1.82, 2.24) is 16.0 Å². The van der Waals surface area contributed by atoms with Gasteiger partial charge in [0.05, 0.1) is 33.0 Å². The smallest absolute Gasteiger partial charge is 0.243 e. The molecule has 3 N–H and O–H groups in total. The Balaban J connectivity index is 4.07. The van der Waals surface area contributed by atoms with Crippen LogP contribution >= 0.6 is 0 Å². The van der Waals surface area contributed by atoms with Crippen LogP contribution < -0.4 is 16.0 Å². The molecular formula is C18H29N3O6. The summed E-state index contributed by atoms with van der Waals surface area (Å²) in [6, 6.07) is 0. The van der Waals surface area contributed by atoms with Crippen molar-refractivity contribution < 1.29 is 28.6 Å². The first kappa shape index (κ1) is 24.5. The zero-order valence-electron chi connectivity index (χ0n) is 15.5. The van der Waals surface area contributed by atoms with E-state index in [9.17, 15) is 14.4 Å².